The molecule has 1 aromatic rings. The summed E-state index contributed by atoms with van der Waals surface area (Å²) < 4.78 is 41.6. The number of hydrogen-bond donors (Lipinski definition) is 2. The average Bonchev–Trinajstić information content (AvgIpc) is 2.19. The summed E-state index contributed by atoms with van der Waals surface area (Å²) in [7, 11) is 1.31. The highest BCUT2D eigenvalue weighted by atomic mass is 79.9. The van der Waals surface area contributed by atoms with E-state index in [1.165, 1.54) is 19.2 Å². The van der Waals surface area contributed by atoms with Crippen LogP contribution in [0.15, 0.2) is 16.6 Å². The SMILES string of the molecule is COc1cc([C@H](N)CC(F)(F)F)cc(Br)c1O.Cl. The van der Waals surface area contributed by atoms with E-state index in [2.05, 4.69) is 15.9 Å². The first-order valence-corrected chi connectivity index (χ1v) is 5.42. The summed E-state index contributed by atoms with van der Waals surface area (Å²) in [5.41, 5.74) is 5.69. The Morgan fingerprint density at radius 3 is 2.44 bits per heavy atom. The van der Waals surface area contributed by atoms with Gasteiger partial charge in [0.25, 0.3) is 0 Å². The predicted octanol–water partition coefficient (Wildman–Crippen LogP) is 3.54. The number of alkyl halides is 3. The molecule has 3 N–H and O–H groups in total. The van der Waals surface area contributed by atoms with Crippen LogP contribution >= 0.6 is 28.3 Å². The van der Waals surface area contributed by atoms with E-state index >= 15 is 0 Å². The topological polar surface area (TPSA) is 55.5 Å². The molecule has 18 heavy (non-hydrogen) atoms. The highest BCUT2D eigenvalue weighted by Gasteiger charge is 2.31. The molecule has 0 unspecified atom stereocenters. The van der Waals surface area contributed by atoms with E-state index in [0.29, 0.717) is 0 Å². The van der Waals surface area contributed by atoms with Crippen molar-refractivity contribution in [2.75, 3.05) is 7.11 Å². The summed E-state index contributed by atoms with van der Waals surface area (Å²) in [6.07, 6.45) is -5.47. The number of nitrogens with two attached hydrogens (primary N) is 1. The number of phenols is 1. The summed E-state index contributed by atoms with van der Waals surface area (Å²) in [5.74, 6) is -0.0949. The second-order valence-corrected chi connectivity index (χ2v) is 4.33. The fraction of sp³-hybridized carbons (Fsp3) is 0.400. The van der Waals surface area contributed by atoms with Crippen LogP contribution < -0.4 is 10.5 Å². The van der Waals surface area contributed by atoms with Gasteiger partial charge in [0.15, 0.2) is 11.5 Å². The standard InChI is InChI=1S/C10H11BrF3NO2.ClH/c1-17-8-3-5(2-6(11)9(8)16)7(15)4-10(12,13)14;/h2-3,7,16H,4,15H2,1H3;1H/t7-;/m1./s1. The zero-order valence-corrected chi connectivity index (χ0v) is 11.7. The molecule has 1 aromatic carbocycles. The molecular formula is C10H12BrClF3NO2. The van der Waals surface area contributed by atoms with E-state index in [-0.39, 0.29) is 33.9 Å². The van der Waals surface area contributed by atoms with Gasteiger partial charge < -0.3 is 15.6 Å². The molecule has 0 amide bonds. The van der Waals surface area contributed by atoms with Crippen molar-refractivity contribution < 1.29 is 23.0 Å². The summed E-state index contributed by atoms with van der Waals surface area (Å²) in [6, 6.07) is 1.44. The first-order chi connectivity index (χ1) is 7.74. The van der Waals surface area contributed by atoms with E-state index in [1.54, 1.807) is 0 Å². The molecule has 0 fully saturated rings. The maximum Gasteiger partial charge on any atom is 0.390 e. The van der Waals surface area contributed by atoms with Gasteiger partial charge in [0.05, 0.1) is 18.0 Å². The third-order valence-corrected chi connectivity index (χ3v) is 2.75. The van der Waals surface area contributed by atoms with Crippen molar-refractivity contribution in [1.29, 1.82) is 0 Å². The molecule has 1 rings (SSSR count). The summed E-state index contributed by atoms with van der Waals surface area (Å²) >= 11 is 3.02. The summed E-state index contributed by atoms with van der Waals surface area (Å²) in [5, 5.41) is 9.50. The molecule has 3 nitrogen and oxygen atoms in total. The largest absolute Gasteiger partial charge is 0.503 e. The van der Waals surface area contributed by atoms with E-state index in [4.69, 9.17) is 10.5 Å². The minimum absolute atomic E-state index is 0. The van der Waals surface area contributed by atoms with Crippen molar-refractivity contribution >= 4 is 28.3 Å². The Bertz CT molecular complexity index is 415. The lowest BCUT2D eigenvalue weighted by Gasteiger charge is -2.16. The highest BCUT2D eigenvalue weighted by Crippen LogP contribution is 2.38. The van der Waals surface area contributed by atoms with Gasteiger partial charge in [-0.15, -0.1) is 12.4 Å². The molecule has 0 aliphatic rings. The van der Waals surface area contributed by atoms with Crippen LogP contribution in [-0.4, -0.2) is 18.4 Å². The third kappa shape index (κ3) is 4.55. The van der Waals surface area contributed by atoms with Gasteiger partial charge in [0, 0.05) is 6.04 Å². The fourth-order valence-corrected chi connectivity index (χ4v) is 1.79. The Kier molecular flexibility index (Phi) is 6.25. The minimum Gasteiger partial charge on any atom is -0.503 e. The number of rotatable bonds is 3. The van der Waals surface area contributed by atoms with Crippen LogP contribution in [0.3, 0.4) is 0 Å². The van der Waals surface area contributed by atoms with Crippen molar-refractivity contribution in [2.24, 2.45) is 5.73 Å². The van der Waals surface area contributed by atoms with E-state index in [9.17, 15) is 18.3 Å². The number of aromatic hydroxyl groups is 1. The predicted molar refractivity (Wildman–Crippen MR) is 67.2 cm³/mol. The minimum atomic E-state index is -4.34. The van der Waals surface area contributed by atoms with Crippen molar-refractivity contribution in [2.45, 2.75) is 18.6 Å². The summed E-state index contributed by atoms with van der Waals surface area (Å²) in [4.78, 5) is 0. The molecule has 1 atom stereocenters. The van der Waals surface area contributed by atoms with Crippen LogP contribution in [0.2, 0.25) is 0 Å². The van der Waals surface area contributed by atoms with Gasteiger partial charge in [-0.2, -0.15) is 13.2 Å². The molecule has 8 heteroatoms. The van der Waals surface area contributed by atoms with Crippen LogP contribution in [0.1, 0.15) is 18.0 Å². The molecule has 0 aliphatic heterocycles. The Hall–Kier alpha value is -0.660. The third-order valence-electron chi connectivity index (χ3n) is 2.15. The van der Waals surface area contributed by atoms with Gasteiger partial charge in [0.2, 0.25) is 0 Å². The molecule has 0 bridgehead atoms. The van der Waals surface area contributed by atoms with Gasteiger partial charge in [-0.05, 0) is 33.6 Å². The number of ether oxygens (including phenoxy) is 1. The first kappa shape index (κ1) is 17.3. The Morgan fingerprint density at radius 2 is 2.00 bits per heavy atom. The van der Waals surface area contributed by atoms with E-state index in [1.807, 2.05) is 0 Å². The van der Waals surface area contributed by atoms with Gasteiger partial charge in [-0.25, -0.2) is 0 Å². The Morgan fingerprint density at radius 1 is 1.44 bits per heavy atom. The number of halogens is 5. The molecule has 104 valence electrons. The second kappa shape index (κ2) is 6.49. The normalized spacial score (nSPS) is 12.8. The molecule has 0 aromatic heterocycles. The fourth-order valence-electron chi connectivity index (χ4n) is 1.33. The van der Waals surface area contributed by atoms with Crippen LogP contribution in [0.4, 0.5) is 13.2 Å². The quantitative estimate of drug-likeness (QED) is 0.877. The zero-order valence-electron chi connectivity index (χ0n) is 9.29. The van der Waals surface area contributed by atoms with Gasteiger partial charge in [0.1, 0.15) is 0 Å². The number of phenolic OH excluding ortho intramolecular Hbond substituents is 1. The maximum absolute atomic E-state index is 12.2. The molecule has 0 heterocycles. The lowest BCUT2D eigenvalue weighted by molar-refractivity contribution is -0.138. The number of benzene rings is 1. The molecule has 0 saturated heterocycles. The van der Waals surface area contributed by atoms with Gasteiger partial charge in [-0.3, -0.25) is 0 Å². The van der Waals surface area contributed by atoms with Gasteiger partial charge in [-0.1, -0.05) is 0 Å². The average molecular weight is 351 g/mol. The first-order valence-electron chi connectivity index (χ1n) is 4.63. The Balaban J connectivity index is 0.00000289. The Labute approximate surface area is 117 Å². The summed E-state index contributed by atoms with van der Waals surface area (Å²) in [6.45, 7) is 0. The van der Waals surface area contributed by atoms with Crippen LogP contribution in [-0.2, 0) is 0 Å². The second-order valence-electron chi connectivity index (χ2n) is 3.48. The van der Waals surface area contributed by atoms with Crippen molar-refractivity contribution in [3.63, 3.8) is 0 Å². The van der Waals surface area contributed by atoms with Crippen molar-refractivity contribution in [3.05, 3.63) is 22.2 Å². The molecule has 0 aliphatic carbocycles. The van der Waals surface area contributed by atoms with Crippen LogP contribution in [0.25, 0.3) is 0 Å². The zero-order chi connectivity index (χ0) is 13.2. The van der Waals surface area contributed by atoms with Crippen molar-refractivity contribution in [3.8, 4) is 11.5 Å². The lowest BCUT2D eigenvalue weighted by Crippen LogP contribution is -2.20. The van der Waals surface area contributed by atoms with Crippen LogP contribution in [0, 0.1) is 0 Å². The highest BCUT2D eigenvalue weighted by molar-refractivity contribution is 9.10. The smallest absolute Gasteiger partial charge is 0.390 e. The number of methoxy groups -OCH3 is 1. The molecule has 0 saturated carbocycles. The van der Waals surface area contributed by atoms with Crippen LogP contribution in [0.5, 0.6) is 11.5 Å². The van der Waals surface area contributed by atoms with Crippen molar-refractivity contribution in [1.82, 2.24) is 0 Å². The lowest BCUT2D eigenvalue weighted by atomic mass is 10.0. The van der Waals surface area contributed by atoms with E-state index in [0.717, 1.165) is 0 Å². The number of hydrogen-bond acceptors (Lipinski definition) is 3. The van der Waals surface area contributed by atoms with Gasteiger partial charge >= 0.3 is 6.18 Å². The molecule has 0 spiro atoms. The molecular weight excluding hydrogens is 338 g/mol. The van der Waals surface area contributed by atoms with E-state index < -0.39 is 18.6 Å². The maximum atomic E-state index is 12.2. The monoisotopic (exact) mass is 349 g/mol. The molecule has 0 radical (unpaired) electrons.